The van der Waals surface area contributed by atoms with Crippen LogP contribution in [-0.4, -0.2) is 33.9 Å². The van der Waals surface area contributed by atoms with Crippen LogP contribution in [0.15, 0.2) is 29.4 Å². The second-order valence-electron chi connectivity index (χ2n) is 4.76. The van der Waals surface area contributed by atoms with Gasteiger partial charge in [-0.15, -0.1) is 10.2 Å². The van der Waals surface area contributed by atoms with Crippen LogP contribution in [0.25, 0.3) is 0 Å². The van der Waals surface area contributed by atoms with E-state index < -0.39 is 0 Å². The average Bonchev–Trinajstić information content (AvgIpc) is 2.95. The van der Waals surface area contributed by atoms with E-state index >= 15 is 0 Å². The Kier molecular flexibility index (Phi) is 4.01. The zero-order valence-electron chi connectivity index (χ0n) is 12.0. The number of methoxy groups -OCH3 is 1. The molecule has 0 spiro atoms. The summed E-state index contributed by atoms with van der Waals surface area (Å²) in [6.07, 6.45) is 1.05. The Labute approximate surface area is 131 Å². The molecule has 7 nitrogen and oxygen atoms in total. The number of rotatable bonds is 4. The molecule has 0 saturated heterocycles. The van der Waals surface area contributed by atoms with Crippen LogP contribution in [0.1, 0.15) is 23.4 Å². The van der Waals surface area contributed by atoms with E-state index in [0.29, 0.717) is 29.5 Å². The molecule has 0 unspecified atom stereocenters. The number of benzene rings is 1. The highest BCUT2D eigenvalue weighted by Crippen LogP contribution is 2.21. The topological polar surface area (TPSA) is 93.7 Å². The van der Waals surface area contributed by atoms with E-state index in [1.165, 1.54) is 16.3 Å². The van der Waals surface area contributed by atoms with Gasteiger partial charge in [-0.3, -0.25) is 4.79 Å². The number of hydrogen-bond donors (Lipinski definition) is 1. The fraction of sp³-hybridized carbons (Fsp3) is 0.286. The maximum Gasteiger partial charge on any atom is 0.243 e. The van der Waals surface area contributed by atoms with Crippen LogP contribution in [0.4, 0.5) is 5.13 Å². The van der Waals surface area contributed by atoms with Crippen LogP contribution in [0.2, 0.25) is 0 Å². The van der Waals surface area contributed by atoms with Gasteiger partial charge in [-0.05, 0) is 29.8 Å². The summed E-state index contributed by atoms with van der Waals surface area (Å²) in [4.78, 5) is 12.0. The first kappa shape index (κ1) is 14.5. The molecule has 8 heteroatoms. The van der Waals surface area contributed by atoms with Gasteiger partial charge < -0.3 is 10.5 Å². The zero-order valence-corrected chi connectivity index (χ0v) is 12.8. The van der Waals surface area contributed by atoms with Gasteiger partial charge in [0.25, 0.3) is 0 Å². The Morgan fingerprint density at radius 1 is 1.27 bits per heavy atom. The van der Waals surface area contributed by atoms with E-state index in [0.717, 1.165) is 17.0 Å². The summed E-state index contributed by atoms with van der Waals surface area (Å²) < 4.78 is 5.15. The lowest BCUT2D eigenvalue weighted by Gasteiger charge is -2.22. The van der Waals surface area contributed by atoms with Crippen LogP contribution in [0.3, 0.4) is 0 Å². The predicted molar refractivity (Wildman–Crippen MR) is 83.6 cm³/mol. The number of nitrogen functional groups attached to an aromatic ring is 1. The molecule has 1 aliphatic rings. The van der Waals surface area contributed by atoms with Gasteiger partial charge in [0.05, 0.1) is 19.4 Å². The van der Waals surface area contributed by atoms with Crippen molar-refractivity contribution in [3.05, 3.63) is 34.8 Å². The molecule has 2 N–H and O–H groups in total. The Hall–Kier alpha value is -2.48. The van der Waals surface area contributed by atoms with Crippen molar-refractivity contribution in [3.8, 4) is 5.75 Å². The van der Waals surface area contributed by atoms with E-state index in [1.54, 1.807) is 7.11 Å². The summed E-state index contributed by atoms with van der Waals surface area (Å²) in [5, 5.41) is 14.6. The van der Waals surface area contributed by atoms with E-state index in [4.69, 9.17) is 10.5 Å². The highest BCUT2D eigenvalue weighted by Gasteiger charge is 2.22. The minimum atomic E-state index is -0.0222. The third-order valence-electron chi connectivity index (χ3n) is 3.30. The van der Waals surface area contributed by atoms with E-state index in [2.05, 4.69) is 15.3 Å². The first-order valence-electron chi connectivity index (χ1n) is 6.76. The van der Waals surface area contributed by atoms with Gasteiger partial charge in [0, 0.05) is 12.8 Å². The molecule has 0 radical (unpaired) electrons. The van der Waals surface area contributed by atoms with Gasteiger partial charge in [0.1, 0.15) is 10.8 Å². The molecular formula is C14H15N5O2S. The maximum absolute atomic E-state index is 12.0. The van der Waals surface area contributed by atoms with Crippen molar-refractivity contribution in [1.82, 2.24) is 15.2 Å². The molecule has 1 aromatic carbocycles. The Morgan fingerprint density at radius 2 is 2.05 bits per heavy atom. The number of hydrazone groups is 1. The fourth-order valence-corrected chi connectivity index (χ4v) is 2.77. The summed E-state index contributed by atoms with van der Waals surface area (Å²) in [6.45, 7) is 0.299. The lowest BCUT2D eigenvalue weighted by Crippen LogP contribution is -2.31. The first-order chi connectivity index (χ1) is 10.7. The number of carbonyl (C=O) groups excluding carboxylic acids is 1. The molecule has 1 amide bonds. The number of anilines is 1. The highest BCUT2D eigenvalue weighted by atomic mass is 32.1. The second-order valence-corrected chi connectivity index (χ2v) is 5.85. The predicted octanol–water partition coefficient (Wildman–Crippen LogP) is 1.66. The number of amides is 1. The molecule has 0 bridgehead atoms. The quantitative estimate of drug-likeness (QED) is 0.925. The molecule has 22 heavy (non-hydrogen) atoms. The number of nitrogens with two attached hydrogens (primary N) is 1. The van der Waals surface area contributed by atoms with Gasteiger partial charge >= 0.3 is 0 Å². The van der Waals surface area contributed by atoms with Gasteiger partial charge in [-0.2, -0.15) is 5.10 Å². The van der Waals surface area contributed by atoms with Crippen molar-refractivity contribution in [1.29, 1.82) is 0 Å². The van der Waals surface area contributed by atoms with Crippen LogP contribution >= 0.6 is 11.3 Å². The van der Waals surface area contributed by atoms with Gasteiger partial charge in [-0.25, -0.2) is 5.01 Å². The zero-order chi connectivity index (χ0) is 15.5. The molecule has 1 aromatic heterocycles. The standard InChI is InChI=1S/C14H15N5O2S/c1-21-10-4-2-9(3-5-10)11-6-7-13(20)19(18-11)8-12-16-17-14(15)22-12/h2-5H,6-8H2,1H3,(H2,15,17). The van der Waals surface area contributed by atoms with E-state index in [-0.39, 0.29) is 5.91 Å². The van der Waals surface area contributed by atoms with Gasteiger partial charge in [0.15, 0.2) is 0 Å². The summed E-state index contributed by atoms with van der Waals surface area (Å²) in [5.41, 5.74) is 7.41. The molecule has 0 atom stereocenters. The molecule has 2 heterocycles. The smallest absolute Gasteiger partial charge is 0.243 e. The number of carbonyl (C=O) groups is 1. The lowest BCUT2D eigenvalue weighted by atomic mass is 10.0. The van der Waals surface area contributed by atoms with Gasteiger partial charge in [-0.1, -0.05) is 11.3 Å². The minimum Gasteiger partial charge on any atom is -0.497 e. The number of ether oxygens (including phenoxy) is 1. The molecule has 3 rings (SSSR count). The van der Waals surface area contributed by atoms with Crippen molar-refractivity contribution >= 4 is 28.1 Å². The third kappa shape index (κ3) is 3.06. The van der Waals surface area contributed by atoms with Crippen molar-refractivity contribution in [2.75, 3.05) is 12.8 Å². The monoisotopic (exact) mass is 317 g/mol. The van der Waals surface area contributed by atoms with Gasteiger partial charge in [0.2, 0.25) is 11.0 Å². The van der Waals surface area contributed by atoms with Crippen molar-refractivity contribution in [2.24, 2.45) is 5.10 Å². The largest absolute Gasteiger partial charge is 0.497 e. The molecule has 0 aliphatic carbocycles. The van der Waals surface area contributed by atoms with E-state index in [9.17, 15) is 4.79 Å². The molecule has 114 valence electrons. The highest BCUT2D eigenvalue weighted by molar-refractivity contribution is 7.15. The molecule has 0 saturated carbocycles. The second kappa shape index (κ2) is 6.10. The van der Waals surface area contributed by atoms with Crippen LogP contribution in [0.5, 0.6) is 5.75 Å². The number of nitrogens with zero attached hydrogens (tertiary/aromatic N) is 4. The Balaban J connectivity index is 1.81. The van der Waals surface area contributed by atoms with Crippen molar-refractivity contribution in [2.45, 2.75) is 19.4 Å². The summed E-state index contributed by atoms with van der Waals surface area (Å²) in [7, 11) is 1.63. The van der Waals surface area contributed by atoms with Crippen LogP contribution in [-0.2, 0) is 11.3 Å². The Bertz CT molecular complexity index is 710. The maximum atomic E-state index is 12.0. The summed E-state index contributed by atoms with van der Waals surface area (Å²) in [5.74, 6) is 0.767. The van der Waals surface area contributed by atoms with Crippen LogP contribution in [0, 0.1) is 0 Å². The normalized spacial score (nSPS) is 14.9. The molecule has 0 fully saturated rings. The summed E-state index contributed by atoms with van der Waals surface area (Å²) >= 11 is 1.26. The SMILES string of the molecule is COc1ccc(C2=NN(Cc3nnc(N)s3)C(=O)CC2)cc1. The van der Waals surface area contributed by atoms with E-state index in [1.807, 2.05) is 24.3 Å². The number of hydrogen-bond acceptors (Lipinski definition) is 7. The molecular weight excluding hydrogens is 302 g/mol. The van der Waals surface area contributed by atoms with Crippen molar-refractivity contribution in [3.63, 3.8) is 0 Å². The molecule has 1 aliphatic heterocycles. The lowest BCUT2D eigenvalue weighted by molar-refractivity contribution is -0.132. The number of aromatic nitrogens is 2. The Morgan fingerprint density at radius 3 is 2.68 bits per heavy atom. The minimum absolute atomic E-state index is 0.0222. The average molecular weight is 317 g/mol. The van der Waals surface area contributed by atoms with Crippen molar-refractivity contribution < 1.29 is 9.53 Å². The summed E-state index contributed by atoms with van der Waals surface area (Å²) in [6, 6.07) is 7.64. The third-order valence-corrected chi connectivity index (χ3v) is 4.03. The van der Waals surface area contributed by atoms with Crippen LogP contribution < -0.4 is 10.5 Å². The fourth-order valence-electron chi connectivity index (χ4n) is 2.17. The molecule has 2 aromatic rings. The first-order valence-corrected chi connectivity index (χ1v) is 7.57.